The van der Waals surface area contributed by atoms with Gasteiger partial charge in [-0.3, -0.25) is 0 Å². The van der Waals surface area contributed by atoms with Gasteiger partial charge in [0.05, 0.1) is 0 Å². The lowest BCUT2D eigenvalue weighted by Gasteiger charge is -2.09. The lowest BCUT2D eigenvalue weighted by Crippen LogP contribution is -1.98. The molecule has 1 heterocycles. The summed E-state index contributed by atoms with van der Waals surface area (Å²) < 4.78 is 0. The maximum atomic E-state index is 5.92. The molecule has 0 amide bonds. The average molecular weight is 234 g/mol. The molecule has 82 valence electrons. The molecule has 4 heteroatoms. The lowest BCUT2D eigenvalue weighted by molar-refractivity contribution is 1.13. The Morgan fingerprint density at radius 3 is 2.75 bits per heavy atom. The molecule has 0 aliphatic rings. The predicted octanol–water partition coefficient (Wildman–Crippen LogP) is 3.49. The number of anilines is 2. The van der Waals surface area contributed by atoms with Gasteiger partial charge in [0.2, 0.25) is 0 Å². The first-order chi connectivity index (χ1) is 7.66. The van der Waals surface area contributed by atoms with E-state index in [9.17, 15) is 0 Å². The second kappa shape index (κ2) is 4.49. The van der Waals surface area contributed by atoms with Gasteiger partial charge in [0.15, 0.2) is 0 Å². The van der Waals surface area contributed by atoms with Crippen molar-refractivity contribution in [1.29, 1.82) is 0 Å². The van der Waals surface area contributed by atoms with E-state index in [1.54, 1.807) is 0 Å². The van der Waals surface area contributed by atoms with E-state index in [2.05, 4.69) is 21.4 Å². The summed E-state index contributed by atoms with van der Waals surface area (Å²) in [4.78, 5) is 8.07. The number of aryl methyl sites for hydroxylation is 1. The van der Waals surface area contributed by atoms with Crippen LogP contribution in [-0.2, 0) is 0 Å². The molecule has 0 aliphatic heterocycles. The van der Waals surface area contributed by atoms with Gasteiger partial charge >= 0.3 is 0 Å². The van der Waals surface area contributed by atoms with E-state index in [-0.39, 0.29) is 0 Å². The molecule has 3 nitrogen and oxygen atoms in total. The van der Waals surface area contributed by atoms with Crippen LogP contribution in [0.4, 0.5) is 11.5 Å². The fourth-order valence-electron chi connectivity index (χ4n) is 1.41. The number of nitrogens with one attached hydrogen (secondary N) is 1. The molecule has 0 saturated heterocycles. The Kier molecular flexibility index (Phi) is 3.06. The Balaban J connectivity index is 2.31. The van der Waals surface area contributed by atoms with E-state index >= 15 is 0 Å². The van der Waals surface area contributed by atoms with Crippen molar-refractivity contribution in [3.05, 3.63) is 46.9 Å². The minimum absolute atomic E-state index is 0.477. The molecule has 1 aromatic carbocycles. The molecule has 0 bridgehead atoms. The summed E-state index contributed by atoms with van der Waals surface area (Å²) in [6.45, 7) is 3.94. The van der Waals surface area contributed by atoms with Crippen molar-refractivity contribution in [3.8, 4) is 0 Å². The zero-order valence-corrected chi connectivity index (χ0v) is 9.92. The standard InChI is InChI=1S/C12H12ClN3/c1-8-4-3-5-10(6-8)16-12-9(2)11(13)14-7-15-12/h3-7H,1-2H3,(H,14,15,16). The SMILES string of the molecule is Cc1cccc(Nc2ncnc(Cl)c2C)c1. The molecule has 1 aromatic heterocycles. The third-order valence-corrected chi connectivity index (χ3v) is 2.68. The van der Waals surface area contributed by atoms with Crippen LogP contribution in [0.25, 0.3) is 0 Å². The average Bonchev–Trinajstić information content (AvgIpc) is 2.25. The first-order valence-corrected chi connectivity index (χ1v) is 5.35. The largest absolute Gasteiger partial charge is 0.340 e. The zero-order chi connectivity index (χ0) is 11.5. The van der Waals surface area contributed by atoms with Crippen molar-refractivity contribution < 1.29 is 0 Å². The van der Waals surface area contributed by atoms with Gasteiger partial charge in [-0.1, -0.05) is 23.7 Å². The normalized spacial score (nSPS) is 10.2. The molecule has 1 N–H and O–H groups in total. The molecule has 2 aromatic rings. The van der Waals surface area contributed by atoms with E-state index in [1.165, 1.54) is 11.9 Å². The Hall–Kier alpha value is -1.61. The monoisotopic (exact) mass is 233 g/mol. The van der Waals surface area contributed by atoms with E-state index in [0.717, 1.165) is 17.1 Å². The highest BCUT2D eigenvalue weighted by Crippen LogP contribution is 2.22. The quantitative estimate of drug-likeness (QED) is 0.807. The summed E-state index contributed by atoms with van der Waals surface area (Å²) in [6, 6.07) is 8.08. The summed E-state index contributed by atoms with van der Waals surface area (Å²) in [6.07, 6.45) is 1.45. The highest BCUT2D eigenvalue weighted by molar-refractivity contribution is 6.30. The Labute approximate surface area is 99.5 Å². The number of hydrogen-bond acceptors (Lipinski definition) is 3. The highest BCUT2D eigenvalue weighted by atomic mass is 35.5. The highest BCUT2D eigenvalue weighted by Gasteiger charge is 2.04. The molecule has 2 rings (SSSR count). The first kappa shape index (κ1) is 10.9. The zero-order valence-electron chi connectivity index (χ0n) is 9.16. The van der Waals surface area contributed by atoms with E-state index in [0.29, 0.717) is 5.15 Å². The molecule has 0 fully saturated rings. The molecule has 16 heavy (non-hydrogen) atoms. The maximum absolute atomic E-state index is 5.92. The van der Waals surface area contributed by atoms with Crippen LogP contribution in [-0.4, -0.2) is 9.97 Å². The minimum Gasteiger partial charge on any atom is -0.340 e. The van der Waals surface area contributed by atoms with Crippen LogP contribution in [0.1, 0.15) is 11.1 Å². The number of rotatable bonds is 2. The Bertz CT molecular complexity index is 511. The van der Waals surface area contributed by atoms with Gasteiger partial charge < -0.3 is 5.32 Å². The van der Waals surface area contributed by atoms with Gasteiger partial charge in [0, 0.05) is 11.3 Å². The van der Waals surface area contributed by atoms with Crippen molar-refractivity contribution >= 4 is 23.1 Å². The summed E-state index contributed by atoms with van der Waals surface area (Å²) in [5.41, 5.74) is 3.05. The summed E-state index contributed by atoms with van der Waals surface area (Å²) in [5, 5.41) is 3.70. The second-order valence-corrected chi connectivity index (χ2v) is 3.99. The number of hydrogen-bond donors (Lipinski definition) is 1. The van der Waals surface area contributed by atoms with Crippen molar-refractivity contribution in [2.75, 3.05) is 5.32 Å². The molecule has 0 atom stereocenters. The lowest BCUT2D eigenvalue weighted by atomic mass is 10.2. The van der Waals surface area contributed by atoms with Crippen molar-refractivity contribution in [1.82, 2.24) is 9.97 Å². The summed E-state index contributed by atoms with van der Waals surface area (Å²) >= 11 is 5.92. The van der Waals surface area contributed by atoms with E-state index < -0.39 is 0 Å². The third kappa shape index (κ3) is 2.31. The fraction of sp³-hybridized carbons (Fsp3) is 0.167. The third-order valence-electron chi connectivity index (χ3n) is 2.30. The van der Waals surface area contributed by atoms with Crippen LogP contribution < -0.4 is 5.32 Å². The molecule has 0 aliphatic carbocycles. The van der Waals surface area contributed by atoms with Crippen LogP contribution in [0.15, 0.2) is 30.6 Å². The van der Waals surface area contributed by atoms with E-state index in [1.807, 2.05) is 32.0 Å². The molecule has 0 unspecified atom stereocenters. The molecule has 0 saturated carbocycles. The smallest absolute Gasteiger partial charge is 0.138 e. The number of benzene rings is 1. The molecule has 0 spiro atoms. The van der Waals surface area contributed by atoms with E-state index in [4.69, 9.17) is 11.6 Å². The second-order valence-electron chi connectivity index (χ2n) is 3.63. The van der Waals surface area contributed by atoms with Crippen molar-refractivity contribution in [2.24, 2.45) is 0 Å². The van der Waals surface area contributed by atoms with Gasteiger partial charge in [-0.05, 0) is 31.5 Å². The van der Waals surface area contributed by atoms with Gasteiger partial charge in [0.25, 0.3) is 0 Å². The summed E-state index contributed by atoms with van der Waals surface area (Å²) in [7, 11) is 0. The first-order valence-electron chi connectivity index (χ1n) is 4.97. The Morgan fingerprint density at radius 1 is 1.19 bits per heavy atom. The molecular weight excluding hydrogens is 222 g/mol. The Morgan fingerprint density at radius 2 is 2.00 bits per heavy atom. The minimum atomic E-state index is 0.477. The topological polar surface area (TPSA) is 37.8 Å². The predicted molar refractivity (Wildman–Crippen MR) is 66.2 cm³/mol. The molecule has 0 radical (unpaired) electrons. The van der Waals surface area contributed by atoms with Gasteiger partial charge in [0.1, 0.15) is 17.3 Å². The number of aromatic nitrogens is 2. The maximum Gasteiger partial charge on any atom is 0.138 e. The number of halogens is 1. The van der Waals surface area contributed by atoms with Crippen LogP contribution in [0.2, 0.25) is 5.15 Å². The van der Waals surface area contributed by atoms with Crippen LogP contribution in [0.3, 0.4) is 0 Å². The number of nitrogens with zero attached hydrogens (tertiary/aromatic N) is 2. The van der Waals surface area contributed by atoms with Crippen LogP contribution >= 0.6 is 11.6 Å². The fourth-order valence-corrected chi connectivity index (χ4v) is 1.55. The van der Waals surface area contributed by atoms with Crippen LogP contribution in [0, 0.1) is 13.8 Å². The van der Waals surface area contributed by atoms with Gasteiger partial charge in [-0.25, -0.2) is 9.97 Å². The van der Waals surface area contributed by atoms with Crippen molar-refractivity contribution in [2.45, 2.75) is 13.8 Å². The van der Waals surface area contributed by atoms with Crippen LogP contribution in [0.5, 0.6) is 0 Å². The van der Waals surface area contributed by atoms with Gasteiger partial charge in [-0.2, -0.15) is 0 Å². The summed E-state index contributed by atoms with van der Waals surface area (Å²) in [5.74, 6) is 0.741. The molecular formula is C12H12ClN3. The van der Waals surface area contributed by atoms with Gasteiger partial charge in [-0.15, -0.1) is 0 Å². The van der Waals surface area contributed by atoms with Crippen molar-refractivity contribution in [3.63, 3.8) is 0 Å².